The Morgan fingerprint density at radius 1 is 0.422 bits per heavy atom. The molecule has 0 N–H and O–H groups in total. The van der Waals surface area contributed by atoms with Gasteiger partial charge in [-0.1, -0.05) is 78.9 Å². The Balaban J connectivity index is 1.37. The zero-order valence-electron chi connectivity index (χ0n) is 24.0. The molecule has 208 valence electrons. The Morgan fingerprint density at radius 2 is 0.800 bits per heavy atom. The molecule has 0 aliphatic heterocycles. The molecule has 0 atom stereocenters. The summed E-state index contributed by atoms with van der Waals surface area (Å²) in [5, 5.41) is 27.9. The average molecular weight is 574 g/mol. The smallest absolute Gasteiger partial charge is 0.187 e. The minimum atomic E-state index is 0.354. The van der Waals surface area contributed by atoms with Crippen LogP contribution in [0.3, 0.4) is 0 Å². The fourth-order valence-corrected chi connectivity index (χ4v) is 5.24. The van der Waals surface area contributed by atoms with E-state index in [1.165, 1.54) is 0 Å². The lowest BCUT2D eigenvalue weighted by Gasteiger charge is -2.26. The molecule has 0 saturated heterocycles. The first kappa shape index (κ1) is 28.2. The molecular formula is C40H23N5. The molecule has 0 bridgehead atoms. The molecule has 0 fully saturated rings. The molecule has 0 aliphatic rings. The first-order valence-corrected chi connectivity index (χ1v) is 14.1. The third kappa shape index (κ3) is 5.88. The predicted molar refractivity (Wildman–Crippen MR) is 178 cm³/mol. The van der Waals surface area contributed by atoms with Crippen LogP contribution in [-0.2, 0) is 0 Å². The van der Waals surface area contributed by atoms with Crippen molar-refractivity contribution in [2.75, 3.05) is 4.90 Å². The SMILES string of the molecule is [C-]#[N+]c1ccc(-c2ccc(N(c3ccc(-c4ccc(C#N)cc4)cc3)c3ccc(-c4ccc(C#N)c(C#N)c4)cc3)cc2)cc1. The summed E-state index contributed by atoms with van der Waals surface area (Å²) in [6.07, 6.45) is 0. The Labute approximate surface area is 262 Å². The van der Waals surface area contributed by atoms with Crippen LogP contribution < -0.4 is 4.90 Å². The van der Waals surface area contributed by atoms with Gasteiger partial charge in [-0.15, -0.1) is 0 Å². The third-order valence-corrected chi connectivity index (χ3v) is 7.65. The summed E-state index contributed by atoms with van der Waals surface area (Å²) in [7, 11) is 0. The number of hydrogen-bond acceptors (Lipinski definition) is 4. The van der Waals surface area contributed by atoms with Gasteiger partial charge in [0, 0.05) is 17.1 Å². The monoisotopic (exact) mass is 573 g/mol. The fourth-order valence-electron chi connectivity index (χ4n) is 5.24. The first-order valence-electron chi connectivity index (χ1n) is 14.1. The van der Waals surface area contributed by atoms with Crippen molar-refractivity contribution in [3.05, 3.63) is 168 Å². The average Bonchev–Trinajstić information content (AvgIpc) is 3.12. The molecule has 45 heavy (non-hydrogen) atoms. The second-order valence-electron chi connectivity index (χ2n) is 10.3. The number of anilines is 3. The highest BCUT2D eigenvalue weighted by molar-refractivity contribution is 5.81. The van der Waals surface area contributed by atoms with E-state index in [4.69, 9.17) is 11.8 Å². The van der Waals surface area contributed by atoms with Gasteiger partial charge >= 0.3 is 0 Å². The molecule has 5 heteroatoms. The van der Waals surface area contributed by atoms with Gasteiger partial charge in [-0.05, 0) is 94.0 Å². The molecular weight excluding hydrogens is 550 g/mol. The Morgan fingerprint density at radius 3 is 1.20 bits per heavy atom. The van der Waals surface area contributed by atoms with Gasteiger partial charge in [0.15, 0.2) is 5.69 Å². The molecule has 0 unspecified atom stereocenters. The van der Waals surface area contributed by atoms with Gasteiger partial charge in [-0.2, -0.15) is 15.8 Å². The zero-order chi connectivity index (χ0) is 31.2. The van der Waals surface area contributed by atoms with Crippen LogP contribution in [0.25, 0.3) is 38.2 Å². The van der Waals surface area contributed by atoms with Gasteiger partial charge in [0.25, 0.3) is 0 Å². The maximum Gasteiger partial charge on any atom is 0.187 e. The Kier molecular flexibility index (Phi) is 7.85. The van der Waals surface area contributed by atoms with Gasteiger partial charge in [0.1, 0.15) is 12.1 Å². The van der Waals surface area contributed by atoms with E-state index < -0.39 is 0 Å². The highest BCUT2D eigenvalue weighted by Crippen LogP contribution is 2.38. The normalized spacial score (nSPS) is 10.1. The van der Waals surface area contributed by atoms with Crippen molar-refractivity contribution in [1.82, 2.24) is 0 Å². The quantitative estimate of drug-likeness (QED) is 0.186. The van der Waals surface area contributed by atoms with Crippen LogP contribution in [-0.4, -0.2) is 0 Å². The minimum Gasteiger partial charge on any atom is -0.311 e. The molecule has 6 aromatic carbocycles. The van der Waals surface area contributed by atoms with Crippen LogP contribution in [0.15, 0.2) is 140 Å². The Hall–Kier alpha value is -6.92. The lowest BCUT2D eigenvalue weighted by atomic mass is 9.99. The first-order chi connectivity index (χ1) is 22.1. The van der Waals surface area contributed by atoms with E-state index in [-0.39, 0.29) is 0 Å². The van der Waals surface area contributed by atoms with E-state index >= 15 is 0 Å². The highest BCUT2D eigenvalue weighted by Gasteiger charge is 2.14. The van der Waals surface area contributed by atoms with Gasteiger partial charge in [-0.25, -0.2) is 4.85 Å². The summed E-state index contributed by atoms with van der Waals surface area (Å²) in [5.74, 6) is 0. The largest absolute Gasteiger partial charge is 0.311 e. The summed E-state index contributed by atoms with van der Waals surface area (Å²) >= 11 is 0. The van der Waals surface area contributed by atoms with Crippen LogP contribution in [0, 0.1) is 40.6 Å². The van der Waals surface area contributed by atoms with E-state index in [9.17, 15) is 10.5 Å². The van der Waals surface area contributed by atoms with E-state index in [2.05, 4.69) is 76.5 Å². The summed E-state index contributed by atoms with van der Waals surface area (Å²) in [5.41, 5.74) is 10.8. The molecule has 0 radical (unpaired) electrons. The minimum absolute atomic E-state index is 0.354. The van der Waals surface area contributed by atoms with Gasteiger partial charge in [-0.3, -0.25) is 0 Å². The molecule has 0 amide bonds. The maximum absolute atomic E-state index is 9.49. The summed E-state index contributed by atoms with van der Waals surface area (Å²) < 4.78 is 0. The standard InChI is InChI=1S/C40H23N5/c1-44-37-16-8-30(9-17-37)32-12-20-39(21-13-32)45(38-18-10-31(11-19-38)29-4-2-28(25-41)3-5-29)40-22-14-33(15-23-40)34-6-7-35(26-42)36(24-34)27-43/h2-24H. The number of rotatable bonds is 6. The van der Waals surface area contributed by atoms with E-state index in [0.717, 1.165) is 50.4 Å². The summed E-state index contributed by atoms with van der Waals surface area (Å²) in [6.45, 7) is 7.22. The lowest BCUT2D eigenvalue weighted by molar-refractivity contribution is 1.28. The fraction of sp³-hybridized carbons (Fsp3) is 0. The number of nitrogens with zero attached hydrogens (tertiary/aromatic N) is 5. The Bertz CT molecular complexity index is 2050. The van der Waals surface area contributed by atoms with Crippen LogP contribution in [0.1, 0.15) is 16.7 Å². The molecule has 5 nitrogen and oxygen atoms in total. The van der Waals surface area contributed by atoms with Crippen molar-refractivity contribution in [3.8, 4) is 51.6 Å². The van der Waals surface area contributed by atoms with E-state index in [0.29, 0.717) is 22.4 Å². The molecule has 0 aromatic heterocycles. The third-order valence-electron chi connectivity index (χ3n) is 7.65. The van der Waals surface area contributed by atoms with Crippen molar-refractivity contribution in [3.63, 3.8) is 0 Å². The van der Waals surface area contributed by atoms with Gasteiger partial charge in [0.2, 0.25) is 0 Å². The molecule has 6 aromatic rings. The topological polar surface area (TPSA) is 79.0 Å². The maximum atomic E-state index is 9.49. The van der Waals surface area contributed by atoms with E-state index in [1.54, 1.807) is 12.1 Å². The van der Waals surface area contributed by atoms with Crippen molar-refractivity contribution < 1.29 is 0 Å². The number of benzene rings is 6. The lowest BCUT2D eigenvalue weighted by Crippen LogP contribution is -2.09. The number of hydrogen-bond donors (Lipinski definition) is 0. The van der Waals surface area contributed by atoms with E-state index in [1.807, 2.05) is 78.9 Å². The van der Waals surface area contributed by atoms with Crippen molar-refractivity contribution in [2.45, 2.75) is 0 Å². The van der Waals surface area contributed by atoms with Gasteiger partial charge < -0.3 is 4.90 Å². The van der Waals surface area contributed by atoms with Gasteiger partial charge in [0.05, 0.1) is 29.3 Å². The van der Waals surface area contributed by atoms with Crippen LogP contribution in [0.2, 0.25) is 0 Å². The predicted octanol–water partition coefficient (Wildman–Crippen LogP) is 10.3. The molecule has 0 saturated carbocycles. The molecule has 6 rings (SSSR count). The van der Waals surface area contributed by atoms with Crippen molar-refractivity contribution in [2.24, 2.45) is 0 Å². The van der Waals surface area contributed by atoms with Crippen LogP contribution in [0.4, 0.5) is 22.7 Å². The van der Waals surface area contributed by atoms with Crippen LogP contribution in [0.5, 0.6) is 0 Å². The highest BCUT2D eigenvalue weighted by atomic mass is 15.1. The molecule has 0 spiro atoms. The second kappa shape index (κ2) is 12.5. The molecule has 0 heterocycles. The summed E-state index contributed by atoms with van der Waals surface area (Å²) in [6, 6.07) is 51.5. The second-order valence-corrected chi connectivity index (χ2v) is 10.3. The number of nitriles is 3. The zero-order valence-corrected chi connectivity index (χ0v) is 24.0. The summed E-state index contributed by atoms with van der Waals surface area (Å²) in [4.78, 5) is 5.67. The van der Waals surface area contributed by atoms with Crippen LogP contribution >= 0.6 is 0 Å². The van der Waals surface area contributed by atoms with Crippen molar-refractivity contribution in [1.29, 1.82) is 15.8 Å². The van der Waals surface area contributed by atoms with Crippen molar-refractivity contribution >= 4 is 22.7 Å². The molecule has 0 aliphatic carbocycles.